The van der Waals surface area contributed by atoms with Crippen molar-refractivity contribution in [1.29, 1.82) is 0 Å². The molecule has 3 rings (SSSR count). The third-order valence-corrected chi connectivity index (χ3v) is 6.71. The van der Waals surface area contributed by atoms with Crippen LogP contribution in [0.3, 0.4) is 0 Å². The topological polar surface area (TPSA) is 55.8 Å². The molecule has 194 valence electrons. The highest BCUT2D eigenvalue weighted by molar-refractivity contribution is 5.89. The van der Waals surface area contributed by atoms with Crippen LogP contribution in [0.5, 0.6) is 0 Å². The van der Waals surface area contributed by atoms with E-state index in [1.165, 1.54) is 18.4 Å². The number of hydrogen-bond acceptors (Lipinski definition) is 4. The van der Waals surface area contributed by atoms with Crippen molar-refractivity contribution in [3.8, 4) is 0 Å². The highest BCUT2D eigenvalue weighted by Gasteiger charge is 2.34. The van der Waals surface area contributed by atoms with Crippen LogP contribution >= 0.6 is 0 Å². The third-order valence-electron chi connectivity index (χ3n) is 6.71. The maximum absolute atomic E-state index is 12.7. The molecule has 2 atom stereocenters. The molecule has 0 unspecified atom stereocenters. The van der Waals surface area contributed by atoms with Crippen molar-refractivity contribution in [3.63, 3.8) is 0 Å². The number of benzene rings is 2. The third kappa shape index (κ3) is 9.98. The van der Waals surface area contributed by atoms with E-state index in [9.17, 15) is 9.59 Å². The molecule has 0 radical (unpaired) electrons. The minimum absolute atomic E-state index is 0.0728. The molecule has 1 heterocycles. The second-order valence-electron chi connectivity index (χ2n) is 9.68. The summed E-state index contributed by atoms with van der Waals surface area (Å²) in [7, 11) is 0. The summed E-state index contributed by atoms with van der Waals surface area (Å²) in [5, 5.41) is 0. The van der Waals surface area contributed by atoms with E-state index in [0.717, 1.165) is 50.7 Å². The summed E-state index contributed by atoms with van der Waals surface area (Å²) in [4.78, 5) is 26.8. The first-order chi connectivity index (χ1) is 17.6. The lowest BCUT2D eigenvalue weighted by Crippen LogP contribution is -2.39. The van der Waals surface area contributed by atoms with Crippen LogP contribution in [0.15, 0.2) is 72.8 Å². The Bertz CT molecular complexity index is 928. The Morgan fingerprint density at radius 3 is 2.14 bits per heavy atom. The molecule has 0 aliphatic carbocycles. The molecule has 1 aliphatic rings. The van der Waals surface area contributed by atoms with E-state index in [4.69, 9.17) is 9.47 Å². The summed E-state index contributed by atoms with van der Waals surface area (Å²) in [5.41, 5.74) is 2.19. The molecule has 2 aromatic carbocycles. The Balaban J connectivity index is 1.24. The molecule has 0 spiro atoms. The van der Waals surface area contributed by atoms with Crippen molar-refractivity contribution in [2.75, 3.05) is 6.61 Å². The number of ketones is 1. The summed E-state index contributed by atoms with van der Waals surface area (Å²) < 4.78 is 11.3. The van der Waals surface area contributed by atoms with Crippen LogP contribution in [0, 0.1) is 0 Å². The minimum atomic E-state index is -0.309. The first-order valence-electron chi connectivity index (χ1n) is 13.4. The van der Waals surface area contributed by atoms with Gasteiger partial charge in [-0.05, 0) is 49.8 Å². The Hall–Kier alpha value is -2.92. The molecule has 2 aromatic rings. The number of rotatable bonds is 15. The van der Waals surface area contributed by atoms with Crippen molar-refractivity contribution in [3.05, 3.63) is 83.9 Å². The molecule has 0 saturated carbocycles. The Labute approximate surface area is 216 Å². The first kappa shape index (κ1) is 27.7. The minimum Gasteiger partial charge on any atom is -0.445 e. The summed E-state index contributed by atoms with van der Waals surface area (Å²) >= 11 is 0. The van der Waals surface area contributed by atoms with Crippen molar-refractivity contribution >= 4 is 11.9 Å². The summed E-state index contributed by atoms with van der Waals surface area (Å²) in [6.45, 7) is 3.78. The number of hydrogen-bond donors (Lipinski definition) is 0. The molecule has 36 heavy (non-hydrogen) atoms. The lowest BCUT2D eigenvalue weighted by molar-refractivity contribution is -0.114. The van der Waals surface area contributed by atoms with Gasteiger partial charge in [-0.3, -0.25) is 9.69 Å². The molecule has 5 nitrogen and oxygen atoms in total. The lowest BCUT2D eigenvalue weighted by Gasteiger charge is -2.26. The predicted octanol–water partition coefficient (Wildman–Crippen LogP) is 7.25. The van der Waals surface area contributed by atoms with Gasteiger partial charge in [-0.1, -0.05) is 92.4 Å². The van der Waals surface area contributed by atoms with Gasteiger partial charge in [0.2, 0.25) is 0 Å². The maximum Gasteiger partial charge on any atom is 0.410 e. The Kier molecular flexibility index (Phi) is 12.3. The number of amides is 1. The van der Waals surface area contributed by atoms with Crippen molar-refractivity contribution in [2.24, 2.45) is 0 Å². The SMILES string of the molecule is C[C@@H]1CC[C@@H](/C=C/C(=O)CCCCCCCCOCc2ccccc2)N1C(=O)OCc1ccccc1. The van der Waals surface area contributed by atoms with Gasteiger partial charge < -0.3 is 9.47 Å². The van der Waals surface area contributed by atoms with Crippen LogP contribution in [-0.2, 0) is 27.5 Å². The van der Waals surface area contributed by atoms with Gasteiger partial charge in [-0.15, -0.1) is 0 Å². The van der Waals surface area contributed by atoms with Crippen LogP contribution in [-0.4, -0.2) is 35.5 Å². The molecule has 0 aromatic heterocycles. The number of ether oxygens (including phenoxy) is 2. The first-order valence-corrected chi connectivity index (χ1v) is 13.4. The number of carbonyl (C=O) groups is 2. The van der Waals surface area contributed by atoms with E-state index in [1.807, 2.05) is 61.5 Å². The summed E-state index contributed by atoms with van der Waals surface area (Å²) in [6.07, 6.45) is 12.2. The average Bonchev–Trinajstić information content (AvgIpc) is 3.28. The second-order valence-corrected chi connectivity index (χ2v) is 9.68. The molecular formula is C31H41NO4. The molecular weight excluding hydrogens is 450 g/mol. The van der Waals surface area contributed by atoms with Gasteiger partial charge in [0.1, 0.15) is 6.61 Å². The monoisotopic (exact) mass is 491 g/mol. The van der Waals surface area contributed by atoms with E-state index in [1.54, 1.807) is 11.0 Å². The van der Waals surface area contributed by atoms with Crippen LogP contribution in [0.4, 0.5) is 4.79 Å². The van der Waals surface area contributed by atoms with Gasteiger partial charge in [-0.2, -0.15) is 0 Å². The molecule has 0 N–H and O–H groups in total. The quantitative estimate of drug-likeness (QED) is 0.194. The van der Waals surface area contributed by atoms with Gasteiger partial charge in [-0.25, -0.2) is 4.79 Å². The number of carbonyl (C=O) groups excluding carboxylic acids is 2. The zero-order valence-corrected chi connectivity index (χ0v) is 21.6. The normalized spacial score (nSPS) is 17.5. The number of allylic oxidation sites excluding steroid dienone is 1. The van der Waals surface area contributed by atoms with Gasteiger partial charge in [0, 0.05) is 19.1 Å². The van der Waals surface area contributed by atoms with Gasteiger partial charge in [0.25, 0.3) is 0 Å². The smallest absolute Gasteiger partial charge is 0.410 e. The fourth-order valence-electron chi connectivity index (χ4n) is 4.59. The molecule has 1 fully saturated rings. The van der Waals surface area contributed by atoms with Gasteiger partial charge in [0.15, 0.2) is 5.78 Å². The maximum atomic E-state index is 12.7. The Morgan fingerprint density at radius 2 is 1.44 bits per heavy atom. The fraction of sp³-hybridized carbons (Fsp3) is 0.484. The number of unbranched alkanes of at least 4 members (excludes halogenated alkanes) is 5. The molecule has 1 amide bonds. The van der Waals surface area contributed by atoms with E-state index < -0.39 is 0 Å². The number of nitrogens with zero attached hydrogens (tertiary/aromatic N) is 1. The van der Waals surface area contributed by atoms with Crippen molar-refractivity contribution in [2.45, 2.75) is 90.0 Å². The van der Waals surface area contributed by atoms with E-state index in [0.29, 0.717) is 13.0 Å². The van der Waals surface area contributed by atoms with Gasteiger partial charge in [0.05, 0.1) is 12.6 Å². The van der Waals surface area contributed by atoms with Crippen molar-refractivity contribution in [1.82, 2.24) is 4.90 Å². The highest BCUT2D eigenvalue weighted by atomic mass is 16.6. The number of likely N-dealkylation sites (tertiary alicyclic amines) is 1. The molecule has 0 bridgehead atoms. The second kappa shape index (κ2) is 15.9. The average molecular weight is 492 g/mol. The predicted molar refractivity (Wildman–Crippen MR) is 144 cm³/mol. The van der Waals surface area contributed by atoms with E-state index >= 15 is 0 Å². The van der Waals surface area contributed by atoms with Crippen LogP contribution in [0.25, 0.3) is 0 Å². The summed E-state index contributed by atoms with van der Waals surface area (Å²) in [6, 6.07) is 20.0. The molecule has 1 saturated heterocycles. The molecule has 1 aliphatic heterocycles. The lowest BCUT2D eigenvalue weighted by atomic mass is 10.1. The van der Waals surface area contributed by atoms with E-state index in [2.05, 4.69) is 12.1 Å². The van der Waals surface area contributed by atoms with E-state index in [-0.39, 0.29) is 30.6 Å². The highest BCUT2D eigenvalue weighted by Crippen LogP contribution is 2.26. The van der Waals surface area contributed by atoms with Crippen LogP contribution in [0.2, 0.25) is 0 Å². The standard InChI is InChI=1S/C31H41NO4/c1-26-19-20-29(32(26)31(34)36-25-28-16-10-7-11-17-28)21-22-30(33)18-12-4-2-3-5-13-23-35-24-27-14-8-6-9-15-27/h6-11,14-17,21-22,26,29H,2-5,12-13,18-20,23-25H2,1H3/b22-21+/t26-,29+/m1/s1. The fourth-order valence-corrected chi connectivity index (χ4v) is 4.59. The van der Waals surface area contributed by atoms with Crippen LogP contribution in [0.1, 0.15) is 75.8 Å². The van der Waals surface area contributed by atoms with Crippen LogP contribution < -0.4 is 0 Å². The van der Waals surface area contributed by atoms with Gasteiger partial charge >= 0.3 is 6.09 Å². The zero-order valence-electron chi connectivity index (χ0n) is 21.6. The van der Waals surface area contributed by atoms with Crippen molar-refractivity contribution < 1.29 is 19.1 Å². The largest absolute Gasteiger partial charge is 0.445 e. The zero-order chi connectivity index (χ0) is 25.4. The summed E-state index contributed by atoms with van der Waals surface area (Å²) in [5.74, 6) is 0.140. The Morgan fingerprint density at radius 1 is 0.833 bits per heavy atom. The molecule has 5 heteroatoms.